The number of carbonyl (C=O) groups excluding carboxylic acids is 2. The van der Waals surface area contributed by atoms with Gasteiger partial charge < -0.3 is 24.4 Å². The molecule has 1 aliphatic rings. The highest BCUT2D eigenvalue weighted by Crippen LogP contribution is 2.40. The molecule has 0 amide bonds. The fourth-order valence-corrected chi connectivity index (χ4v) is 2.28. The summed E-state index contributed by atoms with van der Waals surface area (Å²) in [5, 5.41) is 11.5. The van der Waals surface area contributed by atoms with Crippen LogP contribution in [0, 0.1) is 0 Å². The lowest BCUT2D eigenvalue weighted by Gasteiger charge is -2.19. The van der Waals surface area contributed by atoms with Crippen LogP contribution in [0.3, 0.4) is 0 Å². The Morgan fingerprint density at radius 3 is 2.95 bits per heavy atom. The standard InChI is InChI=1S/C13H11NO5/c1-18-9-5-6-4-7(13(16)17)14-11(6)10-8(15)2-3-19-12(9)10/h4-5,14H,2-3H2,1H3,(H,16,17)/p-1. The molecule has 1 aromatic carbocycles. The second kappa shape index (κ2) is 4.01. The van der Waals surface area contributed by atoms with Crippen molar-refractivity contribution >= 4 is 22.7 Å². The van der Waals surface area contributed by atoms with Gasteiger partial charge in [0.1, 0.15) is 0 Å². The maximum Gasteiger partial charge on any atom is 0.174 e. The predicted molar refractivity (Wildman–Crippen MR) is 63.6 cm³/mol. The lowest BCUT2D eigenvalue weighted by atomic mass is 10.0. The van der Waals surface area contributed by atoms with E-state index in [-0.39, 0.29) is 17.9 Å². The second-order valence-corrected chi connectivity index (χ2v) is 4.24. The van der Waals surface area contributed by atoms with Crippen LogP contribution in [0.15, 0.2) is 12.1 Å². The molecule has 98 valence electrons. The fourth-order valence-electron chi connectivity index (χ4n) is 2.28. The molecule has 1 aromatic heterocycles. The van der Waals surface area contributed by atoms with Gasteiger partial charge in [0.25, 0.3) is 0 Å². The van der Waals surface area contributed by atoms with Gasteiger partial charge in [0.05, 0.1) is 36.5 Å². The minimum atomic E-state index is -1.33. The van der Waals surface area contributed by atoms with E-state index >= 15 is 0 Å². The minimum absolute atomic E-state index is 0.0798. The summed E-state index contributed by atoms with van der Waals surface area (Å²) >= 11 is 0. The molecule has 0 spiro atoms. The average molecular weight is 260 g/mol. The number of aromatic carboxylic acids is 1. The second-order valence-electron chi connectivity index (χ2n) is 4.24. The quantitative estimate of drug-likeness (QED) is 0.849. The van der Waals surface area contributed by atoms with Gasteiger partial charge in [-0.05, 0) is 12.1 Å². The number of carboxylic acid groups (broad SMARTS) is 1. The van der Waals surface area contributed by atoms with E-state index in [1.807, 2.05) is 0 Å². The minimum Gasteiger partial charge on any atom is -0.543 e. The first-order valence-corrected chi connectivity index (χ1v) is 5.73. The number of carboxylic acids is 1. The molecule has 0 saturated carbocycles. The van der Waals surface area contributed by atoms with Crippen LogP contribution in [0.5, 0.6) is 11.5 Å². The van der Waals surface area contributed by atoms with E-state index in [4.69, 9.17) is 9.47 Å². The number of aromatic amines is 1. The Bertz CT molecular complexity index is 701. The van der Waals surface area contributed by atoms with Gasteiger partial charge in [0.15, 0.2) is 17.3 Å². The Balaban J connectivity index is 2.37. The van der Waals surface area contributed by atoms with E-state index in [0.29, 0.717) is 34.6 Å². The lowest BCUT2D eigenvalue weighted by Crippen LogP contribution is -2.22. The monoisotopic (exact) mass is 260 g/mol. The summed E-state index contributed by atoms with van der Waals surface area (Å²) < 4.78 is 10.6. The topological polar surface area (TPSA) is 91.5 Å². The molecule has 0 saturated heterocycles. The molecule has 0 fully saturated rings. The van der Waals surface area contributed by atoms with E-state index in [1.165, 1.54) is 13.2 Å². The van der Waals surface area contributed by atoms with Gasteiger partial charge in [0.2, 0.25) is 0 Å². The van der Waals surface area contributed by atoms with Crippen LogP contribution in [0.1, 0.15) is 27.3 Å². The number of rotatable bonds is 2. The predicted octanol–water partition coefficient (Wildman–Crippen LogP) is 0.505. The number of hydrogen-bond acceptors (Lipinski definition) is 5. The highest BCUT2D eigenvalue weighted by Gasteiger charge is 2.26. The maximum absolute atomic E-state index is 12.0. The van der Waals surface area contributed by atoms with Crippen molar-refractivity contribution in [2.75, 3.05) is 13.7 Å². The fraction of sp³-hybridized carbons (Fsp3) is 0.231. The molecule has 2 heterocycles. The van der Waals surface area contributed by atoms with E-state index in [2.05, 4.69) is 4.98 Å². The number of benzene rings is 1. The van der Waals surface area contributed by atoms with E-state index < -0.39 is 5.97 Å². The van der Waals surface area contributed by atoms with Crippen molar-refractivity contribution in [1.82, 2.24) is 4.98 Å². The summed E-state index contributed by atoms with van der Waals surface area (Å²) in [4.78, 5) is 25.6. The molecular formula is C13H10NO5-. The molecule has 3 rings (SSSR count). The maximum atomic E-state index is 12.0. The number of ether oxygens (including phenoxy) is 2. The molecule has 0 bridgehead atoms. The first kappa shape index (κ1) is 11.6. The molecule has 19 heavy (non-hydrogen) atoms. The zero-order chi connectivity index (χ0) is 13.6. The van der Waals surface area contributed by atoms with Crippen molar-refractivity contribution in [3.8, 4) is 11.5 Å². The summed E-state index contributed by atoms with van der Waals surface area (Å²) in [6.07, 6.45) is 0.259. The zero-order valence-corrected chi connectivity index (χ0v) is 10.1. The molecule has 2 aromatic rings. The Hall–Kier alpha value is -2.50. The number of aromatic nitrogens is 1. The number of methoxy groups -OCH3 is 1. The SMILES string of the molecule is COc1cc2cc(C(=O)[O-])[nH]c2c2c1OCCC2=O. The molecule has 1 aliphatic heterocycles. The molecule has 6 nitrogen and oxygen atoms in total. The molecule has 1 N–H and O–H groups in total. The third-order valence-electron chi connectivity index (χ3n) is 3.13. The summed E-state index contributed by atoms with van der Waals surface area (Å²) in [6, 6.07) is 3.05. The van der Waals surface area contributed by atoms with Crippen molar-refractivity contribution < 1.29 is 24.2 Å². The largest absolute Gasteiger partial charge is 0.543 e. The van der Waals surface area contributed by atoms with Crippen LogP contribution < -0.4 is 14.6 Å². The van der Waals surface area contributed by atoms with E-state index in [9.17, 15) is 14.7 Å². The number of nitrogens with one attached hydrogen (secondary N) is 1. The van der Waals surface area contributed by atoms with Crippen molar-refractivity contribution in [3.63, 3.8) is 0 Å². The van der Waals surface area contributed by atoms with E-state index in [0.717, 1.165) is 0 Å². The zero-order valence-electron chi connectivity index (χ0n) is 10.1. The summed E-state index contributed by atoms with van der Waals surface area (Å²) in [6.45, 7) is 0.293. The number of fused-ring (bicyclic) bond motifs is 3. The molecule has 0 atom stereocenters. The third-order valence-corrected chi connectivity index (χ3v) is 3.13. The smallest absolute Gasteiger partial charge is 0.174 e. The number of carbonyl (C=O) groups is 2. The van der Waals surface area contributed by atoms with Gasteiger partial charge in [-0.3, -0.25) is 4.79 Å². The molecular weight excluding hydrogens is 250 g/mol. The number of hydrogen-bond donors (Lipinski definition) is 1. The Morgan fingerprint density at radius 1 is 1.47 bits per heavy atom. The van der Waals surface area contributed by atoms with Crippen molar-refractivity contribution in [2.45, 2.75) is 6.42 Å². The van der Waals surface area contributed by atoms with Crippen LogP contribution in [-0.2, 0) is 0 Å². The van der Waals surface area contributed by atoms with Crippen LogP contribution in [0.25, 0.3) is 10.9 Å². The third kappa shape index (κ3) is 1.64. The van der Waals surface area contributed by atoms with Gasteiger partial charge >= 0.3 is 0 Å². The first-order chi connectivity index (χ1) is 9.11. The number of H-pyrrole nitrogens is 1. The lowest BCUT2D eigenvalue weighted by molar-refractivity contribution is -0.255. The van der Waals surface area contributed by atoms with Crippen molar-refractivity contribution in [2.24, 2.45) is 0 Å². The Labute approximate surface area is 107 Å². The van der Waals surface area contributed by atoms with Crippen LogP contribution >= 0.6 is 0 Å². The Kier molecular flexibility index (Phi) is 2.45. The van der Waals surface area contributed by atoms with Crippen LogP contribution in [0.4, 0.5) is 0 Å². The first-order valence-electron chi connectivity index (χ1n) is 5.73. The van der Waals surface area contributed by atoms with Gasteiger partial charge in [0, 0.05) is 11.8 Å². The van der Waals surface area contributed by atoms with Crippen molar-refractivity contribution in [1.29, 1.82) is 0 Å². The molecule has 0 radical (unpaired) electrons. The summed E-state index contributed by atoms with van der Waals surface area (Å²) in [5.74, 6) is -0.651. The highest BCUT2D eigenvalue weighted by atomic mass is 16.5. The molecule has 0 aliphatic carbocycles. The molecule has 6 heteroatoms. The van der Waals surface area contributed by atoms with Gasteiger partial charge in [-0.1, -0.05) is 0 Å². The van der Waals surface area contributed by atoms with Crippen molar-refractivity contribution in [3.05, 3.63) is 23.4 Å². The highest BCUT2D eigenvalue weighted by molar-refractivity contribution is 6.12. The number of ketones is 1. The van der Waals surface area contributed by atoms with Crippen LogP contribution in [-0.4, -0.2) is 30.5 Å². The molecule has 0 unspecified atom stereocenters. The van der Waals surface area contributed by atoms with Crippen LogP contribution in [0.2, 0.25) is 0 Å². The Morgan fingerprint density at radius 2 is 2.26 bits per heavy atom. The summed E-state index contributed by atoms with van der Waals surface area (Å²) in [7, 11) is 1.47. The van der Waals surface area contributed by atoms with Gasteiger partial charge in [-0.25, -0.2) is 0 Å². The van der Waals surface area contributed by atoms with E-state index in [1.54, 1.807) is 6.07 Å². The van der Waals surface area contributed by atoms with Gasteiger partial charge in [-0.15, -0.1) is 0 Å². The normalized spacial score (nSPS) is 14.1. The average Bonchev–Trinajstić information content (AvgIpc) is 2.81. The summed E-state index contributed by atoms with van der Waals surface area (Å²) in [5.41, 5.74) is 0.705. The number of Topliss-reactive ketones (excluding diaryl/α,β-unsaturated/α-hetero) is 1. The van der Waals surface area contributed by atoms with Gasteiger partial charge in [-0.2, -0.15) is 0 Å².